The highest BCUT2D eigenvalue weighted by molar-refractivity contribution is 6.30. The highest BCUT2D eigenvalue weighted by Gasteiger charge is 2.30. The number of anilines is 1. The van der Waals surface area contributed by atoms with Crippen LogP contribution in [-0.2, 0) is 4.79 Å². The van der Waals surface area contributed by atoms with Crippen LogP contribution in [0.1, 0.15) is 35.7 Å². The SMILES string of the molecule is CNC(=O)c1ccc(-c2cnc3[nH]ccc3c2N2CCN(C(=O)C(CNC(C)C)c3ccc(Cl)cc3)CC2)cc1. The second-order valence-corrected chi connectivity index (χ2v) is 10.8. The Morgan fingerprint density at radius 2 is 1.70 bits per heavy atom. The predicted molar refractivity (Wildman–Crippen MR) is 161 cm³/mol. The van der Waals surface area contributed by atoms with Crippen LogP contribution in [0.3, 0.4) is 0 Å². The lowest BCUT2D eigenvalue weighted by molar-refractivity contribution is -0.133. The molecule has 5 rings (SSSR count). The molecular formula is C31H35ClN6O2. The molecule has 1 atom stereocenters. The summed E-state index contributed by atoms with van der Waals surface area (Å²) in [7, 11) is 1.63. The summed E-state index contributed by atoms with van der Waals surface area (Å²) in [6.45, 7) is 7.38. The third kappa shape index (κ3) is 5.83. The van der Waals surface area contributed by atoms with E-state index in [1.165, 1.54) is 0 Å². The van der Waals surface area contributed by atoms with Gasteiger partial charge in [0.1, 0.15) is 5.65 Å². The lowest BCUT2D eigenvalue weighted by Crippen LogP contribution is -2.51. The van der Waals surface area contributed by atoms with Crippen LogP contribution in [0, 0.1) is 0 Å². The molecule has 1 aliphatic heterocycles. The normalized spacial score (nSPS) is 14.5. The molecule has 1 aliphatic rings. The van der Waals surface area contributed by atoms with Gasteiger partial charge in [0.25, 0.3) is 5.91 Å². The Kier molecular flexibility index (Phi) is 8.38. The molecule has 2 aromatic heterocycles. The van der Waals surface area contributed by atoms with Gasteiger partial charge in [-0.15, -0.1) is 0 Å². The first-order valence-corrected chi connectivity index (χ1v) is 14.0. The zero-order valence-corrected chi connectivity index (χ0v) is 23.8. The Hall–Kier alpha value is -3.88. The number of hydrogen-bond donors (Lipinski definition) is 3. The maximum absolute atomic E-state index is 13.8. The molecule has 4 aromatic rings. The second-order valence-electron chi connectivity index (χ2n) is 10.4. The molecule has 3 heterocycles. The summed E-state index contributed by atoms with van der Waals surface area (Å²) < 4.78 is 0. The molecule has 0 bridgehead atoms. The molecule has 0 spiro atoms. The molecule has 208 valence electrons. The molecule has 0 aliphatic carbocycles. The van der Waals surface area contributed by atoms with E-state index in [1.54, 1.807) is 7.05 Å². The van der Waals surface area contributed by atoms with Gasteiger partial charge in [0.05, 0.1) is 11.6 Å². The zero-order chi connectivity index (χ0) is 28.2. The smallest absolute Gasteiger partial charge is 0.251 e. The third-order valence-corrected chi connectivity index (χ3v) is 7.70. The number of benzene rings is 2. The Balaban J connectivity index is 1.38. The van der Waals surface area contributed by atoms with Gasteiger partial charge in [0.15, 0.2) is 0 Å². The fourth-order valence-electron chi connectivity index (χ4n) is 5.26. The fraction of sp³-hybridized carbons (Fsp3) is 0.323. The number of carbonyl (C=O) groups is 2. The van der Waals surface area contributed by atoms with Gasteiger partial charge in [-0.2, -0.15) is 0 Å². The average Bonchev–Trinajstić information content (AvgIpc) is 3.46. The van der Waals surface area contributed by atoms with Crippen LogP contribution in [0.5, 0.6) is 0 Å². The first-order valence-electron chi connectivity index (χ1n) is 13.7. The van der Waals surface area contributed by atoms with Gasteiger partial charge in [0.2, 0.25) is 5.91 Å². The Labute approximate surface area is 239 Å². The van der Waals surface area contributed by atoms with Crippen molar-refractivity contribution in [2.24, 2.45) is 0 Å². The van der Waals surface area contributed by atoms with Crippen molar-refractivity contribution in [1.29, 1.82) is 0 Å². The van der Waals surface area contributed by atoms with E-state index < -0.39 is 0 Å². The van der Waals surface area contributed by atoms with E-state index in [1.807, 2.05) is 71.9 Å². The fourth-order valence-corrected chi connectivity index (χ4v) is 5.38. The predicted octanol–water partition coefficient (Wildman–Crippen LogP) is 4.67. The van der Waals surface area contributed by atoms with Crippen molar-refractivity contribution in [1.82, 2.24) is 25.5 Å². The maximum atomic E-state index is 13.8. The van der Waals surface area contributed by atoms with Crippen molar-refractivity contribution >= 4 is 40.1 Å². The summed E-state index contributed by atoms with van der Waals surface area (Å²) in [5.41, 5.74) is 5.46. The van der Waals surface area contributed by atoms with Crippen LogP contribution in [-0.4, -0.2) is 72.5 Å². The molecule has 0 radical (unpaired) electrons. The number of nitrogens with one attached hydrogen (secondary N) is 3. The largest absolute Gasteiger partial charge is 0.367 e. The summed E-state index contributed by atoms with van der Waals surface area (Å²) in [6.07, 6.45) is 3.78. The van der Waals surface area contributed by atoms with Crippen molar-refractivity contribution in [2.75, 3.05) is 44.7 Å². The topological polar surface area (TPSA) is 93.4 Å². The number of rotatable bonds is 8. The van der Waals surface area contributed by atoms with Crippen molar-refractivity contribution in [3.63, 3.8) is 0 Å². The van der Waals surface area contributed by atoms with Crippen LogP contribution in [0.4, 0.5) is 5.69 Å². The van der Waals surface area contributed by atoms with Crippen LogP contribution in [0.15, 0.2) is 67.0 Å². The first-order chi connectivity index (χ1) is 19.4. The molecule has 1 saturated heterocycles. The number of aromatic amines is 1. The molecule has 2 aromatic carbocycles. The van der Waals surface area contributed by atoms with Gasteiger partial charge in [-0.1, -0.05) is 49.7 Å². The second kappa shape index (κ2) is 12.1. The minimum Gasteiger partial charge on any atom is -0.367 e. The number of hydrogen-bond acceptors (Lipinski definition) is 5. The first kappa shape index (κ1) is 27.7. The van der Waals surface area contributed by atoms with E-state index in [-0.39, 0.29) is 23.8 Å². The van der Waals surface area contributed by atoms with Gasteiger partial charge >= 0.3 is 0 Å². The molecule has 9 heteroatoms. The molecule has 1 fully saturated rings. The third-order valence-electron chi connectivity index (χ3n) is 7.45. The van der Waals surface area contributed by atoms with Gasteiger partial charge in [-0.3, -0.25) is 9.59 Å². The molecule has 1 unspecified atom stereocenters. The molecule has 3 N–H and O–H groups in total. The molecule has 8 nitrogen and oxygen atoms in total. The summed E-state index contributed by atoms with van der Waals surface area (Å²) in [4.78, 5) is 38.0. The number of amides is 2. The van der Waals surface area contributed by atoms with Crippen LogP contribution in [0.25, 0.3) is 22.2 Å². The van der Waals surface area contributed by atoms with Crippen molar-refractivity contribution in [3.05, 3.63) is 83.1 Å². The van der Waals surface area contributed by atoms with Crippen molar-refractivity contribution in [2.45, 2.75) is 25.8 Å². The molecule has 0 saturated carbocycles. The van der Waals surface area contributed by atoms with Crippen LogP contribution in [0.2, 0.25) is 5.02 Å². The summed E-state index contributed by atoms with van der Waals surface area (Å²) in [5, 5.41) is 7.81. The molecule has 40 heavy (non-hydrogen) atoms. The van der Waals surface area contributed by atoms with Crippen molar-refractivity contribution in [3.8, 4) is 11.1 Å². The quantitative estimate of drug-likeness (QED) is 0.292. The Morgan fingerprint density at radius 3 is 2.35 bits per heavy atom. The van der Waals surface area contributed by atoms with Gasteiger partial charge < -0.3 is 25.4 Å². The lowest BCUT2D eigenvalue weighted by atomic mass is 9.96. The number of aromatic nitrogens is 2. The number of carbonyl (C=O) groups excluding carboxylic acids is 2. The van der Waals surface area contributed by atoms with Gasteiger partial charge in [0, 0.05) is 79.7 Å². The standard InChI is InChI=1S/C31H35ClN6O2/c1-20(2)35-19-27(22-8-10-24(32)11-9-22)31(40)38-16-14-37(15-17-38)28-25-12-13-34-29(25)36-18-26(28)21-4-6-23(7-5-21)30(39)33-3/h4-13,18,20,27,35H,14-17,19H2,1-3H3,(H,33,39)(H,34,36). The van der Waals surface area contributed by atoms with E-state index in [4.69, 9.17) is 11.6 Å². The highest BCUT2D eigenvalue weighted by Crippen LogP contribution is 2.37. The maximum Gasteiger partial charge on any atom is 0.251 e. The number of H-pyrrole nitrogens is 1. The number of fused-ring (bicyclic) bond motifs is 1. The van der Waals surface area contributed by atoms with Gasteiger partial charge in [-0.25, -0.2) is 4.98 Å². The zero-order valence-electron chi connectivity index (χ0n) is 23.1. The van der Waals surface area contributed by atoms with E-state index in [0.717, 1.165) is 33.4 Å². The summed E-state index contributed by atoms with van der Waals surface area (Å²) in [6, 6.07) is 17.5. The van der Waals surface area contributed by atoms with E-state index in [2.05, 4.69) is 39.3 Å². The average molecular weight is 559 g/mol. The summed E-state index contributed by atoms with van der Waals surface area (Å²) >= 11 is 6.12. The van der Waals surface area contributed by atoms with Crippen LogP contribution >= 0.6 is 11.6 Å². The number of piperazine rings is 1. The van der Waals surface area contributed by atoms with E-state index in [0.29, 0.717) is 43.3 Å². The number of pyridine rings is 1. The highest BCUT2D eigenvalue weighted by atomic mass is 35.5. The van der Waals surface area contributed by atoms with Crippen molar-refractivity contribution < 1.29 is 9.59 Å². The number of halogens is 1. The molecule has 2 amide bonds. The minimum absolute atomic E-state index is 0.118. The Bertz CT molecular complexity index is 1470. The van der Waals surface area contributed by atoms with Gasteiger partial charge in [-0.05, 0) is 41.5 Å². The summed E-state index contributed by atoms with van der Waals surface area (Å²) in [5.74, 6) is -0.271. The minimum atomic E-state index is -0.280. The van der Waals surface area contributed by atoms with Crippen LogP contribution < -0.4 is 15.5 Å². The van der Waals surface area contributed by atoms with E-state index in [9.17, 15) is 9.59 Å². The Morgan fingerprint density at radius 1 is 1.00 bits per heavy atom. The lowest BCUT2D eigenvalue weighted by Gasteiger charge is -2.38. The van der Waals surface area contributed by atoms with E-state index >= 15 is 0 Å². The monoisotopic (exact) mass is 558 g/mol. The number of nitrogens with zero attached hydrogens (tertiary/aromatic N) is 3. The molecular weight excluding hydrogens is 524 g/mol.